The van der Waals surface area contributed by atoms with Gasteiger partial charge in [-0.1, -0.05) is 19.4 Å². The summed E-state index contributed by atoms with van der Waals surface area (Å²) in [5.74, 6) is -0.501. The van der Waals surface area contributed by atoms with Crippen molar-refractivity contribution in [1.29, 1.82) is 0 Å². The second-order valence-corrected chi connectivity index (χ2v) is 8.59. The average molecular weight is 441 g/mol. The normalized spacial score (nSPS) is 14.6. The van der Waals surface area contributed by atoms with E-state index < -0.39 is 21.7 Å². The van der Waals surface area contributed by atoms with E-state index in [1.54, 1.807) is 29.2 Å². The lowest BCUT2D eigenvalue weighted by Gasteiger charge is -2.30. The molecule has 31 heavy (non-hydrogen) atoms. The zero-order valence-electron chi connectivity index (χ0n) is 16.7. The monoisotopic (exact) mass is 441 g/mol. The lowest BCUT2D eigenvalue weighted by Crippen LogP contribution is -2.37. The standard InChI is InChI=1S/C22H20FN3O4S/c1-2-3-11-26-18-10-9-17(24-22(27)15-6-4-7-16(23)13-15)14-20(18)31(28,29)25-21(26)19-8-5-12-30-19/h4-10,12-14H,2-3,11H2,1H3,(H,24,27). The summed E-state index contributed by atoms with van der Waals surface area (Å²) >= 11 is 0. The SMILES string of the molecule is CCCCN1C(c2ccco2)=NS(=O)(=O)c2cc(NC(=O)c3cccc(F)c3)ccc21. The van der Waals surface area contributed by atoms with Crippen LogP contribution in [-0.2, 0) is 10.0 Å². The van der Waals surface area contributed by atoms with E-state index in [1.807, 2.05) is 6.92 Å². The van der Waals surface area contributed by atoms with E-state index in [9.17, 15) is 17.6 Å². The molecule has 0 saturated heterocycles. The first-order valence-electron chi connectivity index (χ1n) is 9.76. The number of nitrogens with zero attached hydrogens (tertiary/aromatic N) is 2. The third-order valence-electron chi connectivity index (χ3n) is 4.81. The summed E-state index contributed by atoms with van der Waals surface area (Å²) in [6.07, 6.45) is 3.19. The first kappa shape index (κ1) is 20.8. The Labute approximate surface area is 179 Å². The van der Waals surface area contributed by atoms with Crippen LogP contribution in [-0.4, -0.2) is 26.7 Å². The number of carbonyl (C=O) groups is 1. The van der Waals surface area contributed by atoms with Crippen LogP contribution in [0, 0.1) is 5.82 Å². The van der Waals surface area contributed by atoms with Crippen molar-refractivity contribution >= 4 is 33.1 Å². The zero-order valence-corrected chi connectivity index (χ0v) is 17.5. The van der Waals surface area contributed by atoms with Crippen LogP contribution >= 0.6 is 0 Å². The summed E-state index contributed by atoms with van der Waals surface area (Å²) in [7, 11) is -4.03. The molecule has 0 saturated carbocycles. The van der Waals surface area contributed by atoms with Crippen LogP contribution in [0.1, 0.15) is 35.9 Å². The molecule has 9 heteroatoms. The van der Waals surface area contributed by atoms with Gasteiger partial charge in [-0.15, -0.1) is 4.40 Å². The topological polar surface area (TPSA) is 92.0 Å². The highest BCUT2D eigenvalue weighted by Crippen LogP contribution is 2.35. The molecule has 0 spiro atoms. The number of amidine groups is 1. The number of hydrogen-bond acceptors (Lipinski definition) is 5. The van der Waals surface area contributed by atoms with Gasteiger partial charge in [0.2, 0.25) is 0 Å². The fraction of sp³-hybridized carbons (Fsp3) is 0.182. The Morgan fingerprint density at radius 1 is 1.16 bits per heavy atom. The van der Waals surface area contributed by atoms with Crippen molar-refractivity contribution in [2.24, 2.45) is 4.40 Å². The number of sulfonamides is 1. The van der Waals surface area contributed by atoms with Crippen molar-refractivity contribution < 1.29 is 22.0 Å². The Hall–Kier alpha value is -3.46. The Morgan fingerprint density at radius 2 is 2.00 bits per heavy atom. The average Bonchev–Trinajstić information content (AvgIpc) is 3.28. The predicted octanol–water partition coefficient (Wildman–Crippen LogP) is 4.43. The minimum atomic E-state index is -4.03. The maximum absolute atomic E-state index is 13.4. The van der Waals surface area contributed by atoms with E-state index in [4.69, 9.17) is 4.42 Å². The summed E-state index contributed by atoms with van der Waals surface area (Å²) in [6.45, 7) is 2.59. The molecule has 1 aromatic heterocycles. The molecule has 0 fully saturated rings. The van der Waals surface area contributed by atoms with Crippen molar-refractivity contribution in [3.63, 3.8) is 0 Å². The number of unbranched alkanes of at least 4 members (excludes halogenated alkanes) is 1. The number of nitrogens with one attached hydrogen (secondary N) is 1. The Kier molecular flexibility index (Phi) is 5.60. The van der Waals surface area contributed by atoms with Crippen molar-refractivity contribution in [3.05, 3.63) is 78.0 Å². The number of anilines is 2. The van der Waals surface area contributed by atoms with Gasteiger partial charge < -0.3 is 14.6 Å². The molecule has 2 heterocycles. The number of rotatable bonds is 6. The van der Waals surface area contributed by atoms with E-state index >= 15 is 0 Å². The van der Waals surface area contributed by atoms with E-state index in [0.29, 0.717) is 18.0 Å². The van der Waals surface area contributed by atoms with Crippen LogP contribution in [0.3, 0.4) is 0 Å². The highest BCUT2D eigenvalue weighted by atomic mass is 32.2. The molecule has 160 valence electrons. The molecule has 3 aromatic rings. The molecule has 0 radical (unpaired) electrons. The smallest absolute Gasteiger partial charge is 0.286 e. The second-order valence-electron chi connectivity index (χ2n) is 7.02. The summed E-state index contributed by atoms with van der Waals surface area (Å²) in [4.78, 5) is 14.2. The Balaban J connectivity index is 1.71. The van der Waals surface area contributed by atoms with Crippen LogP contribution < -0.4 is 10.2 Å². The molecule has 0 unspecified atom stereocenters. The summed E-state index contributed by atoms with van der Waals surface area (Å²) in [6, 6.07) is 13.2. The Morgan fingerprint density at radius 3 is 2.71 bits per heavy atom. The van der Waals surface area contributed by atoms with Gasteiger partial charge in [-0.25, -0.2) is 4.39 Å². The van der Waals surface area contributed by atoms with E-state index in [2.05, 4.69) is 9.71 Å². The number of furan rings is 1. The van der Waals surface area contributed by atoms with Gasteiger partial charge >= 0.3 is 0 Å². The molecule has 1 amide bonds. The second kappa shape index (κ2) is 8.35. The van der Waals surface area contributed by atoms with Gasteiger partial charge in [-0.3, -0.25) is 4.79 Å². The first-order valence-corrected chi connectivity index (χ1v) is 11.2. The maximum Gasteiger partial charge on any atom is 0.286 e. The number of fused-ring (bicyclic) bond motifs is 1. The Bertz CT molecular complexity index is 1250. The van der Waals surface area contributed by atoms with Gasteiger partial charge in [-0.05, 0) is 55.0 Å². The van der Waals surface area contributed by atoms with E-state index in [0.717, 1.165) is 18.9 Å². The summed E-state index contributed by atoms with van der Waals surface area (Å²) in [5, 5.41) is 2.61. The number of halogens is 1. The molecule has 4 rings (SSSR count). The molecule has 7 nitrogen and oxygen atoms in total. The van der Waals surface area contributed by atoms with Crippen LogP contribution in [0.25, 0.3) is 0 Å². The highest BCUT2D eigenvalue weighted by molar-refractivity contribution is 7.90. The minimum Gasteiger partial charge on any atom is -0.461 e. The van der Waals surface area contributed by atoms with E-state index in [1.165, 1.54) is 30.5 Å². The van der Waals surface area contributed by atoms with Gasteiger partial charge in [0, 0.05) is 17.8 Å². The molecular weight excluding hydrogens is 421 g/mol. The highest BCUT2D eigenvalue weighted by Gasteiger charge is 2.33. The molecule has 1 N–H and O–H groups in total. The first-order chi connectivity index (χ1) is 14.9. The zero-order chi connectivity index (χ0) is 22.0. The summed E-state index contributed by atoms with van der Waals surface area (Å²) < 4.78 is 48.7. The lowest BCUT2D eigenvalue weighted by molar-refractivity contribution is 0.102. The van der Waals surface area contributed by atoms with Crippen molar-refractivity contribution in [3.8, 4) is 0 Å². The fourth-order valence-electron chi connectivity index (χ4n) is 3.31. The van der Waals surface area contributed by atoms with Crippen LogP contribution in [0.15, 0.2) is 74.6 Å². The maximum atomic E-state index is 13.4. The van der Waals surface area contributed by atoms with Gasteiger partial charge in [-0.2, -0.15) is 8.42 Å². The van der Waals surface area contributed by atoms with Gasteiger partial charge in [0.25, 0.3) is 15.9 Å². The molecule has 0 atom stereocenters. The molecule has 1 aliphatic heterocycles. The molecule has 0 bridgehead atoms. The number of amides is 1. The molecular formula is C22H20FN3O4S. The van der Waals surface area contributed by atoms with Crippen LogP contribution in [0.2, 0.25) is 0 Å². The van der Waals surface area contributed by atoms with Gasteiger partial charge in [0.15, 0.2) is 11.6 Å². The van der Waals surface area contributed by atoms with Crippen molar-refractivity contribution in [2.75, 3.05) is 16.8 Å². The van der Waals surface area contributed by atoms with Gasteiger partial charge in [0.05, 0.1) is 12.0 Å². The van der Waals surface area contributed by atoms with Crippen LogP contribution in [0.4, 0.5) is 15.8 Å². The largest absolute Gasteiger partial charge is 0.461 e. The number of hydrogen-bond donors (Lipinski definition) is 1. The van der Waals surface area contributed by atoms with Gasteiger partial charge in [0.1, 0.15) is 10.7 Å². The molecule has 1 aliphatic rings. The predicted molar refractivity (Wildman–Crippen MR) is 115 cm³/mol. The van der Waals surface area contributed by atoms with E-state index in [-0.39, 0.29) is 22.0 Å². The lowest BCUT2D eigenvalue weighted by atomic mass is 10.2. The van der Waals surface area contributed by atoms with Crippen molar-refractivity contribution in [1.82, 2.24) is 0 Å². The molecule has 2 aromatic carbocycles. The molecule has 0 aliphatic carbocycles. The summed E-state index contributed by atoms with van der Waals surface area (Å²) in [5.41, 5.74) is 0.852. The fourth-order valence-corrected chi connectivity index (χ4v) is 4.54. The quantitative estimate of drug-likeness (QED) is 0.611. The number of carbonyl (C=O) groups excluding carboxylic acids is 1. The third kappa shape index (κ3) is 4.22. The van der Waals surface area contributed by atoms with Crippen molar-refractivity contribution in [2.45, 2.75) is 24.7 Å². The minimum absolute atomic E-state index is 0.0176. The van der Waals surface area contributed by atoms with Crippen LogP contribution in [0.5, 0.6) is 0 Å². The number of benzene rings is 2. The third-order valence-corrected chi connectivity index (χ3v) is 6.11.